The van der Waals surface area contributed by atoms with E-state index in [4.69, 9.17) is 8.94 Å². The molecule has 0 aliphatic carbocycles. The molecule has 2 atom stereocenters. The van der Waals surface area contributed by atoms with Crippen molar-refractivity contribution in [3.63, 3.8) is 0 Å². The first-order chi connectivity index (χ1) is 13.2. The molecular formula is C22H27N3O2. The Morgan fingerprint density at radius 2 is 1.96 bits per heavy atom. The summed E-state index contributed by atoms with van der Waals surface area (Å²) < 4.78 is 11.5. The van der Waals surface area contributed by atoms with Crippen molar-refractivity contribution in [2.75, 3.05) is 19.6 Å². The van der Waals surface area contributed by atoms with Gasteiger partial charge in [0.1, 0.15) is 17.1 Å². The van der Waals surface area contributed by atoms with E-state index in [-0.39, 0.29) is 0 Å². The number of piperidine rings is 1. The van der Waals surface area contributed by atoms with E-state index in [1.807, 2.05) is 19.9 Å². The SMILES string of the molecule is Cc1noc(C)c1CN1C[C@@H]2CC[C@H](C1)N(Cc1cc3ccccc3o1)C2. The Morgan fingerprint density at radius 1 is 1.07 bits per heavy atom. The number of benzene rings is 1. The van der Waals surface area contributed by atoms with Crippen LogP contribution in [0.5, 0.6) is 0 Å². The molecule has 2 bridgehead atoms. The van der Waals surface area contributed by atoms with Gasteiger partial charge in [-0.3, -0.25) is 9.80 Å². The van der Waals surface area contributed by atoms with Crippen molar-refractivity contribution in [3.8, 4) is 0 Å². The first-order valence-corrected chi connectivity index (χ1v) is 10.0. The molecule has 3 aromatic rings. The fourth-order valence-corrected chi connectivity index (χ4v) is 4.87. The monoisotopic (exact) mass is 365 g/mol. The van der Waals surface area contributed by atoms with Crippen molar-refractivity contribution in [1.29, 1.82) is 0 Å². The van der Waals surface area contributed by atoms with Crippen LogP contribution < -0.4 is 0 Å². The molecule has 1 aromatic carbocycles. The van der Waals surface area contributed by atoms with E-state index in [1.165, 1.54) is 30.3 Å². The molecule has 27 heavy (non-hydrogen) atoms. The van der Waals surface area contributed by atoms with Crippen molar-refractivity contribution in [1.82, 2.24) is 15.0 Å². The fraction of sp³-hybridized carbons (Fsp3) is 0.500. The Kier molecular flexibility index (Phi) is 4.29. The predicted octanol–water partition coefficient (Wildman–Crippen LogP) is 4.13. The molecule has 3 fully saturated rings. The highest BCUT2D eigenvalue weighted by Gasteiger charge is 2.35. The summed E-state index contributed by atoms with van der Waals surface area (Å²) in [6.07, 6.45) is 2.61. The van der Waals surface area contributed by atoms with Crippen LogP contribution in [0.25, 0.3) is 11.0 Å². The number of para-hydroxylation sites is 1. The first-order valence-electron chi connectivity index (χ1n) is 10.0. The molecule has 142 valence electrons. The third-order valence-electron chi connectivity index (χ3n) is 6.30. The molecule has 5 heterocycles. The largest absolute Gasteiger partial charge is 0.460 e. The van der Waals surface area contributed by atoms with E-state index in [1.54, 1.807) is 0 Å². The fourth-order valence-electron chi connectivity index (χ4n) is 4.87. The average molecular weight is 365 g/mol. The summed E-state index contributed by atoms with van der Waals surface area (Å²) in [5, 5.41) is 5.33. The maximum absolute atomic E-state index is 6.09. The highest BCUT2D eigenvalue weighted by Crippen LogP contribution is 2.31. The smallest absolute Gasteiger partial charge is 0.138 e. The normalized spacial score (nSPS) is 23.9. The minimum atomic E-state index is 0.595. The zero-order valence-corrected chi connectivity index (χ0v) is 16.1. The number of nitrogens with zero attached hydrogens (tertiary/aromatic N) is 3. The lowest BCUT2D eigenvalue weighted by molar-refractivity contribution is 0.115. The molecular weight excluding hydrogens is 338 g/mol. The Bertz CT molecular complexity index is 892. The lowest BCUT2D eigenvalue weighted by atomic mass is 9.95. The van der Waals surface area contributed by atoms with Gasteiger partial charge in [0.05, 0.1) is 12.2 Å². The zero-order chi connectivity index (χ0) is 18.4. The number of aromatic nitrogens is 1. The molecule has 2 aromatic heterocycles. The third-order valence-corrected chi connectivity index (χ3v) is 6.30. The number of aryl methyl sites for hydroxylation is 2. The molecule has 3 saturated heterocycles. The van der Waals surface area contributed by atoms with Crippen molar-refractivity contribution in [2.24, 2.45) is 5.92 Å². The number of rotatable bonds is 4. The lowest BCUT2D eigenvalue weighted by Gasteiger charge is -2.35. The van der Waals surface area contributed by atoms with Crippen LogP contribution in [0.2, 0.25) is 0 Å². The molecule has 6 rings (SSSR count). The number of furan rings is 1. The third kappa shape index (κ3) is 3.30. The molecule has 3 aliphatic heterocycles. The Labute approximate surface area is 159 Å². The van der Waals surface area contributed by atoms with Crippen LogP contribution in [0.1, 0.15) is 35.6 Å². The number of hydrogen-bond acceptors (Lipinski definition) is 5. The highest BCUT2D eigenvalue weighted by atomic mass is 16.5. The summed E-state index contributed by atoms with van der Waals surface area (Å²) in [6, 6.07) is 11.1. The standard InChI is InChI=1S/C22H27N3O2/c1-15-21(16(2)27-23-15)14-24-10-17-7-8-19(12-24)25(11-17)13-20-9-18-5-3-4-6-22(18)26-20/h3-6,9,17,19H,7-8,10-14H2,1-2H3/t17-,19+/m0/s1. The van der Waals surface area contributed by atoms with Gasteiger partial charge in [0.25, 0.3) is 0 Å². The predicted molar refractivity (Wildman–Crippen MR) is 104 cm³/mol. The molecule has 0 saturated carbocycles. The Balaban J connectivity index is 1.32. The van der Waals surface area contributed by atoms with Gasteiger partial charge in [0.15, 0.2) is 0 Å². The zero-order valence-electron chi connectivity index (χ0n) is 16.1. The summed E-state index contributed by atoms with van der Waals surface area (Å²) in [7, 11) is 0. The molecule has 5 nitrogen and oxygen atoms in total. The van der Waals surface area contributed by atoms with Crippen LogP contribution in [0.4, 0.5) is 0 Å². The second-order valence-corrected chi connectivity index (χ2v) is 8.27. The van der Waals surface area contributed by atoms with Crippen LogP contribution in [-0.4, -0.2) is 40.6 Å². The summed E-state index contributed by atoms with van der Waals surface area (Å²) in [5.74, 6) is 2.78. The maximum atomic E-state index is 6.09. The van der Waals surface area contributed by atoms with Gasteiger partial charge >= 0.3 is 0 Å². The first kappa shape index (κ1) is 17.0. The molecule has 3 aliphatic rings. The lowest BCUT2D eigenvalue weighted by Crippen LogP contribution is -2.43. The van der Waals surface area contributed by atoms with Gasteiger partial charge in [-0.15, -0.1) is 0 Å². The second-order valence-electron chi connectivity index (χ2n) is 8.27. The van der Waals surface area contributed by atoms with E-state index in [0.717, 1.165) is 54.9 Å². The summed E-state index contributed by atoms with van der Waals surface area (Å²) in [5.41, 5.74) is 3.29. The Morgan fingerprint density at radius 3 is 2.78 bits per heavy atom. The molecule has 0 radical (unpaired) electrons. The van der Waals surface area contributed by atoms with Gasteiger partial charge in [0.2, 0.25) is 0 Å². The quantitative estimate of drug-likeness (QED) is 0.695. The molecule has 0 N–H and O–H groups in total. The van der Waals surface area contributed by atoms with Crippen molar-refractivity contribution >= 4 is 11.0 Å². The van der Waals surface area contributed by atoms with E-state index in [0.29, 0.717) is 6.04 Å². The van der Waals surface area contributed by atoms with Crippen LogP contribution in [-0.2, 0) is 13.1 Å². The van der Waals surface area contributed by atoms with Crippen LogP contribution in [0, 0.1) is 19.8 Å². The van der Waals surface area contributed by atoms with Gasteiger partial charge in [-0.05, 0) is 44.7 Å². The van der Waals surface area contributed by atoms with Crippen molar-refractivity contribution < 1.29 is 8.94 Å². The average Bonchev–Trinajstić information content (AvgIpc) is 3.07. The molecule has 5 heteroatoms. The van der Waals surface area contributed by atoms with Gasteiger partial charge in [-0.25, -0.2) is 0 Å². The van der Waals surface area contributed by atoms with Gasteiger partial charge < -0.3 is 8.94 Å². The Hall–Kier alpha value is -2.11. The van der Waals surface area contributed by atoms with Crippen LogP contribution in [0.15, 0.2) is 39.3 Å². The maximum Gasteiger partial charge on any atom is 0.138 e. The number of hydrogen-bond donors (Lipinski definition) is 0. The van der Waals surface area contributed by atoms with Crippen molar-refractivity contribution in [2.45, 2.75) is 45.8 Å². The van der Waals surface area contributed by atoms with Crippen LogP contribution in [0.3, 0.4) is 0 Å². The van der Waals surface area contributed by atoms with E-state index < -0.39 is 0 Å². The van der Waals surface area contributed by atoms with E-state index in [2.05, 4.69) is 39.2 Å². The van der Waals surface area contributed by atoms with E-state index >= 15 is 0 Å². The minimum Gasteiger partial charge on any atom is -0.460 e. The summed E-state index contributed by atoms with van der Waals surface area (Å²) in [6.45, 7) is 9.38. The molecule has 0 spiro atoms. The van der Waals surface area contributed by atoms with Gasteiger partial charge in [-0.1, -0.05) is 23.4 Å². The van der Waals surface area contributed by atoms with Crippen LogP contribution >= 0.6 is 0 Å². The number of fused-ring (bicyclic) bond motifs is 5. The second kappa shape index (κ2) is 6.80. The molecule has 0 unspecified atom stereocenters. The molecule has 0 amide bonds. The summed E-state index contributed by atoms with van der Waals surface area (Å²) in [4.78, 5) is 5.24. The van der Waals surface area contributed by atoms with Crippen molar-refractivity contribution in [3.05, 3.63) is 53.1 Å². The summed E-state index contributed by atoms with van der Waals surface area (Å²) >= 11 is 0. The highest BCUT2D eigenvalue weighted by molar-refractivity contribution is 5.77. The topological polar surface area (TPSA) is 45.7 Å². The van der Waals surface area contributed by atoms with E-state index in [9.17, 15) is 0 Å². The van der Waals surface area contributed by atoms with Gasteiger partial charge in [0, 0.05) is 43.2 Å². The minimum absolute atomic E-state index is 0.595. The van der Waals surface area contributed by atoms with Gasteiger partial charge in [-0.2, -0.15) is 0 Å².